The van der Waals surface area contributed by atoms with Gasteiger partial charge in [0, 0.05) is 43.1 Å². The lowest BCUT2D eigenvalue weighted by molar-refractivity contribution is -0.132. The van der Waals surface area contributed by atoms with Gasteiger partial charge in [-0.15, -0.1) is 0 Å². The van der Waals surface area contributed by atoms with E-state index in [9.17, 15) is 14.0 Å². The van der Waals surface area contributed by atoms with Crippen LogP contribution in [0.15, 0.2) is 18.2 Å². The number of fused-ring (bicyclic) bond motifs is 1. The minimum Gasteiger partial charge on any atom is -0.338 e. The maximum absolute atomic E-state index is 13.2. The molecule has 2 atom stereocenters. The average molecular weight is 366 g/mol. The Balaban J connectivity index is 1.38. The number of carbonyl (C=O) groups is 2. The highest BCUT2D eigenvalue weighted by Crippen LogP contribution is 2.37. The van der Waals surface area contributed by atoms with E-state index in [1.807, 2.05) is 0 Å². The highest BCUT2D eigenvalue weighted by molar-refractivity contribution is 5.86. The lowest BCUT2D eigenvalue weighted by Gasteiger charge is -2.27. The van der Waals surface area contributed by atoms with Crippen LogP contribution in [-0.2, 0) is 22.4 Å². The zero-order valence-electron chi connectivity index (χ0n) is 15.3. The first-order chi connectivity index (χ1) is 13.1. The van der Waals surface area contributed by atoms with E-state index in [0.717, 1.165) is 48.2 Å². The molecule has 140 valence electrons. The molecule has 2 fully saturated rings. The van der Waals surface area contributed by atoms with Crippen molar-refractivity contribution in [1.29, 1.82) is 0 Å². The lowest BCUT2D eigenvalue weighted by Crippen LogP contribution is -2.36. The summed E-state index contributed by atoms with van der Waals surface area (Å²) in [6.45, 7) is 1.17. The van der Waals surface area contributed by atoms with Crippen LogP contribution in [0.2, 0.25) is 0 Å². The van der Waals surface area contributed by atoms with Crippen LogP contribution in [0.1, 0.15) is 48.2 Å². The van der Waals surface area contributed by atoms with E-state index in [2.05, 4.69) is 24.3 Å². The maximum Gasteiger partial charge on any atom is 0.229 e. The molecule has 2 saturated carbocycles. The number of rotatable bonds is 5. The van der Waals surface area contributed by atoms with E-state index in [-0.39, 0.29) is 11.8 Å². The summed E-state index contributed by atoms with van der Waals surface area (Å²) in [7, 11) is 0. The fourth-order valence-electron chi connectivity index (χ4n) is 4.15. The van der Waals surface area contributed by atoms with Crippen molar-refractivity contribution in [1.82, 2.24) is 9.88 Å². The van der Waals surface area contributed by atoms with E-state index in [4.69, 9.17) is 4.98 Å². The molecule has 2 unspecified atom stereocenters. The van der Waals surface area contributed by atoms with Gasteiger partial charge in [-0.1, -0.05) is 18.2 Å². The first-order valence-corrected chi connectivity index (χ1v) is 9.94. The number of hydrogen-bond acceptors (Lipinski definition) is 3. The first-order valence-electron chi connectivity index (χ1n) is 9.94. The number of allylic oxidation sites excluding steroid dienone is 1. The fraction of sp³-hybridized carbons (Fsp3) is 0.500. The Hall–Kier alpha value is -2.30. The van der Waals surface area contributed by atoms with E-state index < -0.39 is 12.1 Å². The van der Waals surface area contributed by atoms with Crippen molar-refractivity contribution in [3.05, 3.63) is 40.7 Å². The van der Waals surface area contributed by atoms with Crippen molar-refractivity contribution >= 4 is 23.3 Å². The molecule has 0 N–H and O–H groups in total. The van der Waals surface area contributed by atoms with Gasteiger partial charge in [-0.2, -0.15) is 0 Å². The molecule has 5 heteroatoms. The lowest BCUT2D eigenvalue weighted by atomic mass is 9.93. The van der Waals surface area contributed by atoms with Crippen molar-refractivity contribution in [2.75, 3.05) is 13.1 Å². The largest absolute Gasteiger partial charge is 0.338 e. The summed E-state index contributed by atoms with van der Waals surface area (Å²) in [4.78, 5) is 31.0. The van der Waals surface area contributed by atoms with Gasteiger partial charge in [0.05, 0.1) is 11.6 Å². The number of nitrogens with zero attached hydrogens (tertiary/aromatic N) is 2. The van der Waals surface area contributed by atoms with Crippen LogP contribution in [0.25, 0.3) is 11.6 Å². The molecule has 4 aliphatic rings. The van der Waals surface area contributed by atoms with Crippen LogP contribution < -0.4 is 0 Å². The number of pyridine rings is 1. The summed E-state index contributed by atoms with van der Waals surface area (Å²) >= 11 is 0. The minimum absolute atomic E-state index is 0.0478. The molecule has 0 bridgehead atoms. The molecule has 27 heavy (non-hydrogen) atoms. The first kappa shape index (κ1) is 16.8. The molecule has 5 rings (SSSR count). The molecule has 0 radical (unpaired) electrons. The molecule has 1 aliphatic heterocycles. The smallest absolute Gasteiger partial charge is 0.229 e. The monoisotopic (exact) mass is 366 g/mol. The van der Waals surface area contributed by atoms with E-state index in [1.54, 1.807) is 4.90 Å². The Morgan fingerprint density at radius 2 is 2.11 bits per heavy atom. The number of aromatic nitrogens is 1. The number of Topliss-reactive ketones (excluding diaryl/α,β-unsaturated/α-hetero) is 1. The normalized spacial score (nSPS) is 26.0. The second-order valence-electron chi connectivity index (χ2n) is 8.17. The number of ketones is 1. The standard InChI is InChI=1S/C22H23FN2O2/c23-19-12-18(19)22(27)25-8-6-13(7-9-25)17-10-15(11-21(26)14-4-5-14)24-20-3-1-2-16(17)20/h1-2,6,10,14,18-19H,3-5,7-9,11-12H2. The van der Waals surface area contributed by atoms with Crippen LogP contribution in [0.3, 0.4) is 0 Å². The third kappa shape index (κ3) is 3.24. The van der Waals surface area contributed by atoms with Crippen LogP contribution in [-0.4, -0.2) is 40.8 Å². The highest BCUT2D eigenvalue weighted by Gasteiger charge is 2.45. The zero-order chi connectivity index (χ0) is 18.5. The molecule has 1 aromatic rings. The van der Waals surface area contributed by atoms with Gasteiger partial charge < -0.3 is 4.90 Å². The topological polar surface area (TPSA) is 50.3 Å². The summed E-state index contributed by atoms with van der Waals surface area (Å²) in [6, 6.07) is 2.07. The summed E-state index contributed by atoms with van der Waals surface area (Å²) in [5.41, 5.74) is 5.41. The summed E-state index contributed by atoms with van der Waals surface area (Å²) in [6.07, 6.45) is 9.79. The van der Waals surface area contributed by atoms with Gasteiger partial charge in [0.1, 0.15) is 12.0 Å². The molecule has 0 aromatic carbocycles. The van der Waals surface area contributed by atoms with Gasteiger partial charge in [0.25, 0.3) is 0 Å². The van der Waals surface area contributed by atoms with Gasteiger partial charge in [0.15, 0.2) is 0 Å². The number of halogens is 1. The third-order valence-corrected chi connectivity index (χ3v) is 6.07. The van der Waals surface area contributed by atoms with E-state index in [1.165, 1.54) is 5.57 Å². The van der Waals surface area contributed by atoms with Gasteiger partial charge in [-0.3, -0.25) is 14.6 Å². The summed E-state index contributed by atoms with van der Waals surface area (Å²) < 4.78 is 13.2. The third-order valence-electron chi connectivity index (χ3n) is 6.07. The molecule has 1 amide bonds. The summed E-state index contributed by atoms with van der Waals surface area (Å²) in [5.74, 6) is 0.0947. The Morgan fingerprint density at radius 1 is 1.30 bits per heavy atom. The van der Waals surface area contributed by atoms with Crippen molar-refractivity contribution in [3.8, 4) is 0 Å². The molecule has 0 spiro atoms. The Kier molecular flexibility index (Phi) is 3.99. The molecule has 4 nitrogen and oxygen atoms in total. The molecular weight excluding hydrogens is 343 g/mol. The SMILES string of the molecule is O=C(Cc1cc(C2=CCN(C(=O)C3CC3F)CC2)c2c(n1)CC=C2)C1CC1. The van der Waals surface area contributed by atoms with E-state index >= 15 is 0 Å². The quantitative estimate of drug-likeness (QED) is 0.804. The van der Waals surface area contributed by atoms with E-state index in [0.29, 0.717) is 31.7 Å². The molecule has 2 heterocycles. The number of amides is 1. The summed E-state index contributed by atoms with van der Waals surface area (Å²) in [5, 5.41) is 0. The predicted octanol–water partition coefficient (Wildman–Crippen LogP) is 3.15. The van der Waals surface area contributed by atoms with Gasteiger partial charge in [-0.25, -0.2) is 4.39 Å². The van der Waals surface area contributed by atoms with Crippen LogP contribution in [0, 0.1) is 11.8 Å². The van der Waals surface area contributed by atoms with Gasteiger partial charge in [-0.05, 0) is 42.9 Å². The number of carbonyl (C=O) groups excluding carboxylic acids is 2. The fourth-order valence-corrected chi connectivity index (χ4v) is 4.15. The predicted molar refractivity (Wildman–Crippen MR) is 101 cm³/mol. The zero-order valence-corrected chi connectivity index (χ0v) is 15.3. The average Bonchev–Trinajstić information content (AvgIpc) is 3.59. The van der Waals surface area contributed by atoms with Gasteiger partial charge in [0.2, 0.25) is 5.91 Å². The Morgan fingerprint density at radius 3 is 2.78 bits per heavy atom. The van der Waals surface area contributed by atoms with Gasteiger partial charge >= 0.3 is 0 Å². The van der Waals surface area contributed by atoms with Crippen LogP contribution >= 0.6 is 0 Å². The Labute approximate surface area is 158 Å². The van der Waals surface area contributed by atoms with Crippen molar-refractivity contribution < 1.29 is 14.0 Å². The Bertz CT molecular complexity index is 885. The van der Waals surface area contributed by atoms with Crippen molar-refractivity contribution in [3.63, 3.8) is 0 Å². The molecule has 3 aliphatic carbocycles. The maximum atomic E-state index is 13.2. The number of alkyl halides is 1. The second-order valence-corrected chi connectivity index (χ2v) is 8.17. The van der Waals surface area contributed by atoms with Crippen molar-refractivity contribution in [2.45, 2.75) is 44.7 Å². The van der Waals surface area contributed by atoms with Crippen LogP contribution in [0.5, 0.6) is 0 Å². The molecular formula is C22H23FN2O2. The molecule has 0 saturated heterocycles. The van der Waals surface area contributed by atoms with Crippen molar-refractivity contribution in [2.24, 2.45) is 11.8 Å². The minimum atomic E-state index is -0.942. The molecule has 1 aromatic heterocycles. The second kappa shape index (κ2) is 6.39. The van der Waals surface area contributed by atoms with Crippen LogP contribution in [0.4, 0.5) is 4.39 Å². The number of hydrogen-bond donors (Lipinski definition) is 0. The highest BCUT2D eigenvalue weighted by atomic mass is 19.1.